The van der Waals surface area contributed by atoms with E-state index in [2.05, 4.69) is 22.8 Å². The van der Waals surface area contributed by atoms with Crippen LogP contribution >= 0.6 is 24.2 Å². The van der Waals surface area contributed by atoms with Gasteiger partial charge in [0.1, 0.15) is 0 Å². The van der Waals surface area contributed by atoms with E-state index in [0.29, 0.717) is 13.2 Å². The summed E-state index contributed by atoms with van der Waals surface area (Å²) in [7, 11) is 1.68. The van der Waals surface area contributed by atoms with Crippen molar-refractivity contribution in [3.63, 3.8) is 0 Å². The van der Waals surface area contributed by atoms with Crippen molar-refractivity contribution in [3.05, 3.63) is 30.3 Å². The van der Waals surface area contributed by atoms with Crippen LogP contribution in [0, 0.1) is 5.92 Å². The molecule has 0 aliphatic rings. The zero-order chi connectivity index (χ0) is 14.6. The van der Waals surface area contributed by atoms with E-state index >= 15 is 0 Å². The highest BCUT2D eigenvalue weighted by atomic mass is 35.5. The van der Waals surface area contributed by atoms with Gasteiger partial charge in [0.15, 0.2) is 0 Å². The molecule has 1 rings (SSSR count). The number of methoxy groups -OCH3 is 1. The average Bonchev–Trinajstić information content (AvgIpc) is 2.49. The van der Waals surface area contributed by atoms with Gasteiger partial charge in [-0.05, 0) is 12.1 Å². The number of halogens is 1. The third-order valence-corrected chi connectivity index (χ3v) is 4.05. The van der Waals surface area contributed by atoms with Crippen molar-refractivity contribution < 1.29 is 9.53 Å². The average molecular weight is 333 g/mol. The van der Waals surface area contributed by atoms with Crippen molar-refractivity contribution in [2.45, 2.75) is 11.8 Å². The van der Waals surface area contributed by atoms with Crippen LogP contribution in [0.25, 0.3) is 0 Å². The molecule has 0 aliphatic carbocycles. The number of hydrogen-bond acceptors (Lipinski definition) is 4. The SMILES string of the molecule is COCCNCCNC(=O)C(C)CSc1ccccc1.Cl. The Kier molecular flexibility index (Phi) is 12.5. The van der Waals surface area contributed by atoms with E-state index in [1.54, 1.807) is 18.9 Å². The second-order valence-electron chi connectivity index (χ2n) is 4.56. The molecule has 0 bridgehead atoms. The van der Waals surface area contributed by atoms with Gasteiger partial charge in [-0.1, -0.05) is 25.1 Å². The van der Waals surface area contributed by atoms with Crippen LogP contribution in [0.1, 0.15) is 6.92 Å². The topological polar surface area (TPSA) is 50.4 Å². The number of carbonyl (C=O) groups excluding carboxylic acids is 1. The molecule has 2 N–H and O–H groups in total. The molecule has 1 aromatic carbocycles. The quantitative estimate of drug-likeness (QED) is 0.509. The fourth-order valence-electron chi connectivity index (χ4n) is 1.56. The van der Waals surface area contributed by atoms with Crippen molar-refractivity contribution in [3.8, 4) is 0 Å². The van der Waals surface area contributed by atoms with Crippen molar-refractivity contribution in [1.82, 2.24) is 10.6 Å². The zero-order valence-electron chi connectivity index (χ0n) is 12.6. The normalized spacial score (nSPS) is 11.5. The summed E-state index contributed by atoms with van der Waals surface area (Å²) < 4.78 is 4.93. The summed E-state index contributed by atoms with van der Waals surface area (Å²) in [4.78, 5) is 13.1. The number of rotatable bonds is 10. The standard InChI is InChI=1S/C15H24N2O2S.ClH/c1-13(12-20-14-6-4-3-5-7-14)15(18)17-9-8-16-10-11-19-2;/h3-7,13,16H,8-12H2,1-2H3,(H,17,18);1H. The van der Waals surface area contributed by atoms with Crippen LogP contribution in [-0.4, -0.2) is 45.0 Å². The molecule has 0 fully saturated rings. The molecule has 0 spiro atoms. The van der Waals surface area contributed by atoms with Crippen LogP contribution in [-0.2, 0) is 9.53 Å². The Morgan fingerprint density at radius 2 is 1.95 bits per heavy atom. The Bertz CT molecular complexity index is 379. The van der Waals surface area contributed by atoms with Gasteiger partial charge in [0.25, 0.3) is 0 Å². The van der Waals surface area contributed by atoms with Gasteiger partial charge in [0, 0.05) is 43.3 Å². The highest BCUT2D eigenvalue weighted by Crippen LogP contribution is 2.19. The van der Waals surface area contributed by atoms with E-state index in [0.717, 1.165) is 18.8 Å². The minimum Gasteiger partial charge on any atom is -0.383 e. The molecule has 0 saturated carbocycles. The van der Waals surface area contributed by atoms with Gasteiger partial charge in [-0.3, -0.25) is 4.79 Å². The van der Waals surface area contributed by atoms with Gasteiger partial charge in [-0.25, -0.2) is 0 Å². The molecule has 0 saturated heterocycles. The molecule has 0 heterocycles. The van der Waals surface area contributed by atoms with Crippen LogP contribution in [0.3, 0.4) is 0 Å². The van der Waals surface area contributed by atoms with Crippen LogP contribution in [0.5, 0.6) is 0 Å². The largest absolute Gasteiger partial charge is 0.383 e. The van der Waals surface area contributed by atoms with Gasteiger partial charge in [0.2, 0.25) is 5.91 Å². The minimum absolute atomic E-state index is 0. The van der Waals surface area contributed by atoms with E-state index in [1.807, 2.05) is 25.1 Å². The molecule has 1 unspecified atom stereocenters. The predicted octanol–water partition coefficient (Wildman–Crippen LogP) is 2.19. The highest BCUT2D eigenvalue weighted by Gasteiger charge is 2.12. The zero-order valence-corrected chi connectivity index (χ0v) is 14.3. The summed E-state index contributed by atoms with van der Waals surface area (Å²) in [5.74, 6) is 0.925. The fraction of sp³-hybridized carbons (Fsp3) is 0.533. The molecule has 0 aromatic heterocycles. The van der Waals surface area contributed by atoms with Crippen LogP contribution < -0.4 is 10.6 Å². The first-order valence-electron chi connectivity index (χ1n) is 6.89. The van der Waals surface area contributed by atoms with E-state index in [1.165, 1.54) is 4.90 Å². The molecule has 6 heteroatoms. The minimum atomic E-state index is 0. The molecule has 1 amide bonds. The number of ether oxygens (including phenoxy) is 1. The Balaban J connectivity index is 0.00000400. The Hall–Kier alpha value is -0.750. The Labute approximate surface area is 137 Å². The summed E-state index contributed by atoms with van der Waals surface area (Å²) in [6.07, 6.45) is 0. The summed E-state index contributed by atoms with van der Waals surface area (Å²) in [5, 5.41) is 6.13. The molecular weight excluding hydrogens is 308 g/mol. The maximum Gasteiger partial charge on any atom is 0.223 e. The molecule has 4 nitrogen and oxygen atoms in total. The number of carbonyl (C=O) groups is 1. The lowest BCUT2D eigenvalue weighted by Gasteiger charge is -2.12. The number of nitrogens with one attached hydrogen (secondary N) is 2. The molecule has 120 valence electrons. The number of benzene rings is 1. The second-order valence-corrected chi connectivity index (χ2v) is 5.65. The molecule has 1 atom stereocenters. The number of thioether (sulfide) groups is 1. The smallest absolute Gasteiger partial charge is 0.223 e. The van der Waals surface area contributed by atoms with E-state index < -0.39 is 0 Å². The Morgan fingerprint density at radius 3 is 2.62 bits per heavy atom. The third kappa shape index (κ3) is 9.74. The number of hydrogen-bond donors (Lipinski definition) is 2. The van der Waals surface area contributed by atoms with E-state index in [9.17, 15) is 4.79 Å². The van der Waals surface area contributed by atoms with Crippen molar-refractivity contribution in [2.75, 3.05) is 39.1 Å². The first-order valence-corrected chi connectivity index (χ1v) is 7.88. The van der Waals surface area contributed by atoms with Crippen molar-refractivity contribution in [1.29, 1.82) is 0 Å². The summed E-state index contributed by atoms with van der Waals surface area (Å²) in [6, 6.07) is 10.2. The van der Waals surface area contributed by atoms with Gasteiger partial charge in [-0.2, -0.15) is 0 Å². The van der Waals surface area contributed by atoms with E-state index in [4.69, 9.17) is 4.74 Å². The lowest BCUT2D eigenvalue weighted by atomic mass is 10.2. The van der Waals surface area contributed by atoms with Crippen molar-refractivity contribution >= 4 is 30.1 Å². The molecule has 1 aromatic rings. The van der Waals surface area contributed by atoms with E-state index in [-0.39, 0.29) is 24.2 Å². The number of amides is 1. The first-order chi connectivity index (χ1) is 9.74. The van der Waals surface area contributed by atoms with Crippen LogP contribution in [0.4, 0.5) is 0 Å². The van der Waals surface area contributed by atoms with Gasteiger partial charge < -0.3 is 15.4 Å². The molecule has 21 heavy (non-hydrogen) atoms. The molecule has 0 aliphatic heterocycles. The third-order valence-electron chi connectivity index (χ3n) is 2.77. The highest BCUT2D eigenvalue weighted by molar-refractivity contribution is 7.99. The van der Waals surface area contributed by atoms with Crippen molar-refractivity contribution in [2.24, 2.45) is 5.92 Å². The van der Waals surface area contributed by atoms with Crippen LogP contribution in [0.2, 0.25) is 0 Å². The fourth-order valence-corrected chi connectivity index (χ4v) is 2.50. The first kappa shape index (κ1) is 20.2. The van der Waals surface area contributed by atoms with Gasteiger partial charge in [-0.15, -0.1) is 24.2 Å². The molecule has 0 radical (unpaired) electrons. The predicted molar refractivity (Wildman–Crippen MR) is 91.3 cm³/mol. The Morgan fingerprint density at radius 1 is 1.24 bits per heavy atom. The van der Waals surface area contributed by atoms with Crippen LogP contribution in [0.15, 0.2) is 35.2 Å². The van der Waals surface area contributed by atoms with Gasteiger partial charge >= 0.3 is 0 Å². The maximum absolute atomic E-state index is 11.9. The lowest BCUT2D eigenvalue weighted by molar-refractivity contribution is -0.123. The summed E-state index contributed by atoms with van der Waals surface area (Å²) >= 11 is 1.71. The summed E-state index contributed by atoms with van der Waals surface area (Å²) in [6.45, 7) is 4.89. The lowest BCUT2D eigenvalue weighted by Crippen LogP contribution is -2.36. The van der Waals surface area contributed by atoms with Gasteiger partial charge in [0.05, 0.1) is 6.61 Å². The molecular formula is C15H25ClN2O2S. The summed E-state index contributed by atoms with van der Waals surface area (Å²) in [5.41, 5.74) is 0. The maximum atomic E-state index is 11.9. The second kappa shape index (κ2) is 13.0. The monoisotopic (exact) mass is 332 g/mol.